The van der Waals surface area contributed by atoms with Crippen molar-refractivity contribution in [2.45, 2.75) is 25.2 Å². The van der Waals surface area contributed by atoms with E-state index in [0.717, 1.165) is 10.2 Å². The van der Waals surface area contributed by atoms with Gasteiger partial charge in [-0.05, 0) is 34.8 Å². The molecule has 12 heavy (non-hydrogen) atoms. The molecular formula is C8H10BrN3. The number of anilines is 1. The van der Waals surface area contributed by atoms with Crippen LogP contribution in [0.1, 0.15) is 30.9 Å². The average molecular weight is 228 g/mol. The molecule has 1 aromatic rings. The minimum Gasteiger partial charge on any atom is -0.381 e. The third-order valence-electron chi connectivity index (χ3n) is 2.32. The second-order valence-corrected chi connectivity index (χ2v) is 3.98. The van der Waals surface area contributed by atoms with Gasteiger partial charge in [-0.15, -0.1) is 5.10 Å². The largest absolute Gasteiger partial charge is 0.381 e. The molecule has 1 aliphatic rings. The van der Waals surface area contributed by atoms with Gasteiger partial charge in [-0.1, -0.05) is 6.42 Å². The number of rotatable bonds is 1. The Morgan fingerprint density at radius 1 is 1.42 bits per heavy atom. The van der Waals surface area contributed by atoms with E-state index in [1.54, 1.807) is 0 Å². The fourth-order valence-electron chi connectivity index (χ4n) is 1.30. The van der Waals surface area contributed by atoms with Gasteiger partial charge in [0.25, 0.3) is 0 Å². The zero-order valence-corrected chi connectivity index (χ0v) is 8.21. The molecule has 1 saturated carbocycles. The third-order valence-corrected chi connectivity index (χ3v) is 2.95. The van der Waals surface area contributed by atoms with E-state index < -0.39 is 0 Å². The minimum atomic E-state index is 0.470. The Hall–Kier alpha value is -0.640. The summed E-state index contributed by atoms with van der Waals surface area (Å²) in [7, 11) is 0. The van der Waals surface area contributed by atoms with E-state index in [9.17, 15) is 0 Å². The van der Waals surface area contributed by atoms with Crippen LogP contribution >= 0.6 is 15.9 Å². The molecule has 0 radical (unpaired) electrons. The van der Waals surface area contributed by atoms with Gasteiger partial charge in [0.1, 0.15) is 0 Å². The van der Waals surface area contributed by atoms with Crippen molar-refractivity contribution in [2.24, 2.45) is 0 Å². The van der Waals surface area contributed by atoms with Crippen LogP contribution in [0.25, 0.3) is 0 Å². The monoisotopic (exact) mass is 227 g/mol. The molecule has 3 nitrogen and oxygen atoms in total. The highest BCUT2D eigenvalue weighted by atomic mass is 79.9. The molecule has 2 N–H and O–H groups in total. The van der Waals surface area contributed by atoms with E-state index in [-0.39, 0.29) is 0 Å². The maximum atomic E-state index is 5.53. The molecule has 0 amide bonds. The summed E-state index contributed by atoms with van der Waals surface area (Å²) in [5.74, 6) is 1.09. The minimum absolute atomic E-state index is 0.470. The second-order valence-electron chi connectivity index (χ2n) is 3.13. The predicted octanol–water partition coefficient (Wildman–Crippen LogP) is 2.09. The van der Waals surface area contributed by atoms with Gasteiger partial charge in [-0.3, -0.25) is 0 Å². The molecular weight excluding hydrogens is 218 g/mol. The Kier molecular flexibility index (Phi) is 2.00. The van der Waals surface area contributed by atoms with Crippen LogP contribution in [0.4, 0.5) is 5.82 Å². The van der Waals surface area contributed by atoms with E-state index in [1.165, 1.54) is 19.3 Å². The van der Waals surface area contributed by atoms with Crippen molar-refractivity contribution < 1.29 is 0 Å². The Morgan fingerprint density at radius 2 is 2.17 bits per heavy atom. The van der Waals surface area contributed by atoms with Crippen LogP contribution < -0.4 is 5.73 Å². The first-order valence-corrected chi connectivity index (χ1v) is 4.85. The topological polar surface area (TPSA) is 51.8 Å². The summed E-state index contributed by atoms with van der Waals surface area (Å²) in [5, 5.41) is 7.92. The van der Waals surface area contributed by atoms with Crippen LogP contribution in [0.2, 0.25) is 0 Å². The summed E-state index contributed by atoms with van der Waals surface area (Å²) >= 11 is 3.34. The SMILES string of the molecule is Nc1nnc(C2CCC2)cc1Br. The van der Waals surface area contributed by atoms with Crippen molar-refractivity contribution in [2.75, 3.05) is 5.73 Å². The molecule has 64 valence electrons. The van der Waals surface area contributed by atoms with Crippen LogP contribution in [0, 0.1) is 0 Å². The van der Waals surface area contributed by atoms with Gasteiger partial charge < -0.3 is 5.73 Å². The molecule has 1 heterocycles. The van der Waals surface area contributed by atoms with Gasteiger partial charge in [-0.2, -0.15) is 5.10 Å². The number of nitrogen functional groups attached to an aromatic ring is 1. The molecule has 1 aliphatic carbocycles. The second kappa shape index (κ2) is 3.01. The lowest BCUT2D eigenvalue weighted by Gasteiger charge is -2.24. The van der Waals surface area contributed by atoms with Crippen molar-refractivity contribution in [3.63, 3.8) is 0 Å². The lowest BCUT2D eigenvalue weighted by atomic mass is 9.83. The molecule has 0 aromatic carbocycles. The van der Waals surface area contributed by atoms with Gasteiger partial charge in [0.15, 0.2) is 5.82 Å². The van der Waals surface area contributed by atoms with Crippen molar-refractivity contribution in [1.29, 1.82) is 0 Å². The lowest BCUT2D eigenvalue weighted by molar-refractivity contribution is 0.408. The van der Waals surface area contributed by atoms with Crippen LogP contribution in [0.15, 0.2) is 10.5 Å². The number of hydrogen-bond donors (Lipinski definition) is 1. The van der Waals surface area contributed by atoms with Crippen molar-refractivity contribution in [3.05, 3.63) is 16.2 Å². The number of nitrogens with zero attached hydrogens (tertiary/aromatic N) is 2. The standard InChI is InChI=1S/C8H10BrN3/c9-6-4-7(5-2-1-3-5)11-12-8(6)10/h4-5H,1-3H2,(H2,10,12). The van der Waals surface area contributed by atoms with Gasteiger partial charge in [-0.25, -0.2) is 0 Å². The third kappa shape index (κ3) is 1.31. The number of halogens is 1. The number of aromatic nitrogens is 2. The van der Waals surface area contributed by atoms with Gasteiger partial charge in [0, 0.05) is 5.92 Å². The quantitative estimate of drug-likeness (QED) is 0.800. The van der Waals surface area contributed by atoms with E-state index in [4.69, 9.17) is 5.73 Å². The number of nitrogens with two attached hydrogens (primary N) is 1. The van der Waals surface area contributed by atoms with Gasteiger partial charge >= 0.3 is 0 Å². The van der Waals surface area contributed by atoms with Crippen LogP contribution in [0.5, 0.6) is 0 Å². The molecule has 0 aliphatic heterocycles. The first-order valence-electron chi connectivity index (χ1n) is 4.06. The van der Waals surface area contributed by atoms with Crippen LogP contribution in [-0.4, -0.2) is 10.2 Å². The van der Waals surface area contributed by atoms with Crippen molar-refractivity contribution in [1.82, 2.24) is 10.2 Å². The summed E-state index contributed by atoms with van der Waals surface area (Å²) < 4.78 is 0.861. The maximum absolute atomic E-state index is 5.53. The fourth-order valence-corrected chi connectivity index (χ4v) is 1.61. The zero-order valence-electron chi connectivity index (χ0n) is 6.63. The average Bonchev–Trinajstić information content (AvgIpc) is 1.93. The Balaban J connectivity index is 2.27. The molecule has 1 fully saturated rings. The molecule has 0 spiro atoms. The zero-order chi connectivity index (χ0) is 8.55. The van der Waals surface area contributed by atoms with E-state index >= 15 is 0 Å². The molecule has 4 heteroatoms. The molecule has 2 rings (SSSR count). The Labute approximate surface area is 79.5 Å². The molecule has 0 unspecified atom stereocenters. The first kappa shape index (κ1) is 7.98. The Morgan fingerprint density at radius 3 is 2.67 bits per heavy atom. The van der Waals surface area contributed by atoms with Gasteiger partial charge in [0.05, 0.1) is 10.2 Å². The lowest BCUT2D eigenvalue weighted by Crippen LogP contribution is -2.11. The van der Waals surface area contributed by atoms with E-state index in [0.29, 0.717) is 11.7 Å². The summed E-state index contributed by atoms with van der Waals surface area (Å²) in [6.45, 7) is 0. The molecule has 0 saturated heterocycles. The van der Waals surface area contributed by atoms with Crippen LogP contribution in [0.3, 0.4) is 0 Å². The summed E-state index contributed by atoms with van der Waals surface area (Å²) in [6, 6.07) is 1.98. The smallest absolute Gasteiger partial charge is 0.160 e. The summed E-state index contributed by atoms with van der Waals surface area (Å²) in [6.07, 6.45) is 3.80. The van der Waals surface area contributed by atoms with Gasteiger partial charge in [0.2, 0.25) is 0 Å². The summed E-state index contributed by atoms with van der Waals surface area (Å²) in [5.41, 5.74) is 6.60. The highest BCUT2D eigenvalue weighted by molar-refractivity contribution is 9.10. The predicted molar refractivity (Wildman–Crippen MR) is 50.7 cm³/mol. The molecule has 0 bridgehead atoms. The first-order chi connectivity index (χ1) is 5.77. The highest BCUT2D eigenvalue weighted by Gasteiger charge is 2.21. The molecule has 1 aromatic heterocycles. The molecule has 0 atom stereocenters. The Bertz CT molecular complexity index is 296. The number of hydrogen-bond acceptors (Lipinski definition) is 3. The van der Waals surface area contributed by atoms with E-state index in [1.807, 2.05) is 6.07 Å². The van der Waals surface area contributed by atoms with E-state index in [2.05, 4.69) is 26.1 Å². The normalized spacial score (nSPS) is 17.4. The highest BCUT2D eigenvalue weighted by Crippen LogP contribution is 2.36. The maximum Gasteiger partial charge on any atom is 0.160 e. The van der Waals surface area contributed by atoms with Crippen LogP contribution in [-0.2, 0) is 0 Å². The summed E-state index contributed by atoms with van der Waals surface area (Å²) in [4.78, 5) is 0. The van der Waals surface area contributed by atoms with Crippen molar-refractivity contribution >= 4 is 21.7 Å². The fraction of sp³-hybridized carbons (Fsp3) is 0.500. The van der Waals surface area contributed by atoms with Crippen molar-refractivity contribution in [3.8, 4) is 0 Å².